The summed E-state index contributed by atoms with van der Waals surface area (Å²) in [5.74, 6) is 0.620. The van der Waals surface area contributed by atoms with Crippen LogP contribution in [0.4, 0.5) is 0 Å². The molecule has 2 nitrogen and oxygen atoms in total. The number of thiophene rings is 1. The Kier molecular flexibility index (Phi) is 4.39. The smallest absolute Gasteiger partial charge is 0.0881 e. The molecule has 0 unspecified atom stereocenters. The van der Waals surface area contributed by atoms with E-state index >= 15 is 0 Å². The Morgan fingerprint density at radius 2 is 2.13 bits per heavy atom. The first-order valence-electron chi connectivity index (χ1n) is 7.73. The summed E-state index contributed by atoms with van der Waals surface area (Å²) >= 11 is 1.74. The van der Waals surface area contributed by atoms with Gasteiger partial charge in [0.25, 0.3) is 0 Å². The van der Waals surface area contributed by atoms with Gasteiger partial charge in [0.15, 0.2) is 0 Å². The number of nitrogens with zero attached hydrogens (tertiary/aromatic N) is 2. The molecule has 0 N–H and O–H groups in total. The van der Waals surface area contributed by atoms with Crippen molar-refractivity contribution < 1.29 is 0 Å². The average Bonchev–Trinajstić information content (AvgIpc) is 3.04. The van der Waals surface area contributed by atoms with Gasteiger partial charge in [-0.1, -0.05) is 33.1 Å². The lowest BCUT2D eigenvalue weighted by molar-refractivity contribution is 0.649. The number of hydrogen-bond acceptors (Lipinski definition) is 3. The molecule has 0 aliphatic carbocycles. The van der Waals surface area contributed by atoms with Crippen molar-refractivity contribution in [2.75, 3.05) is 0 Å². The van der Waals surface area contributed by atoms with Gasteiger partial charge in [0.05, 0.1) is 16.1 Å². The number of hydrogen-bond donors (Lipinski definition) is 0. The maximum absolute atomic E-state index is 4.76. The third-order valence-electron chi connectivity index (χ3n) is 3.81. The minimum atomic E-state index is 0.620. The van der Waals surface area contributed by atoms with E-state index in [1.165, 1.54) is 15.6 Å². The standard InChI is InChI=1S/C20H20N2S/c1-5-14(4)18-11-15(6-8-21-18)19-20-17(7-9-23-20)16(12-22-19)10-13(2)3/h5-9,11-13H,1,4,10H2,2-3H3. The van der Waals surface area contributed by atoms with Crippen molar-refractivity contribution >= 4 is 27.0 Å². The van der Waals surface area contributed by atoms with Crippen LogP contribution in [-0.4, -0.2) is 9.97 Å². The highest BCUT2D eigenvalue weighted by Crippen LogP contribution is 2.34. The zero-order valence-corrected chi connectivity index (χ0v) is 14.4. The molecule has 0 atom stereocenters. The molecule has 0 radical (unpaired) electrons. The summed E-state index contributed by atoms with van der Waals surface area (Å²) in [6.07, 6.45) is 6.61. The van der Waals surface area contributed by atoms with Gasteiger partial charge < -0.3 is 0 Å². The van der Waals surface area contributed by atoms with Crippen LogP contribution in [0.15, 0.2) is 55.2 Å². The Morgan fingerprint density at radius 1 is 1.30 bits per heavy atom. The van der Waals surface area contributed by atoms with E-state index in [1.54, 1.807) is 17.4 Å². The molecule has 3 aromatic rings. The first kappa shape index (κ1) is 15.6. The normalized spacial score (nSPS) is 11.1. The molecule has 0 saturated carbocycles. The van der Waals surface area contributed by atoms with Crippen LogP contribution in [0.3, 0.4) is 0 Å². The van der Waals surface area contributed by atoms with Crippen LogP contribution in [0.25, 0.3) is 26.9 Å². The highest BCUT2D eigenvalue weighted by atomic mass is 32.1. The molecule has 0 aliphatic rings. The van der Waals surface area contributed by atoms with Gasteiger partial charge in [-0.05, 0) is 52.4 Å². The Balaban J connectivity index is 2.13. The predicted octanol–water partition coefficient (Wildman–Crippen LogP) is 5.76. The van der Waals surface area contributed by atoms with E-state index in [4.69, 9.17) is 4.98 Å². The number of pyridine rings is 2. The van der Waals surface area contributed by atoms with Crippen molar-refractivity contribution in [3.8, 4) is 11.3 Å². The monoisotopic (exact) mass is 320 g/mol. The van der Waals surface area contributed by atoms with Gasteiger partial charge in [0.1, 0.15) is 0 Å². The summed E-state index contributed by atoms with van der Waals surface area (Å²) in [4.78, 5) is 9.12. The number of fused-ring (bicyclic) bond motifs is 1. The zero-order chi connectivity index (χ0) is 16.4. The lowest BCUT2D eigenvalue weighted by atomic mass is 10.00. The Bertz CT molecular complexity index is 874. The fraction of sp³-hybridized carbons (Fsp3) is 0.200. The van der Waals surface area contributed by atoms with Crippen molar-refractivity contribution in [1.82, 2.24) is 9.97 Å². The molecule has 0 saturated heterocycles. The van der Waals surface area contributed by atoms with Crippen LogP contribution >= 0.6 is 11.3 Å². The van der Waals surface area contributed by atoms with Crippen molar-refractivity contribution in [3.05, 3.63) is 66.5 Å². The molecular weight excluding hydrogens is 300 g/mol. The number of rotatable bonds is 5. The van der Waals surface area contributed by atoms with Crippen molar-refractivity contribution in [1.29, 1.82) is 0 Å². The molecule has 3 heteroatoms. The van der Waals surface area contributed by atoms with Crippen molar-refractivity contribution in [3.63, 3.8) is 0 Å². The second-order valence-electron chi connectivity index (χ2n) is 6.05. The lowest BCUT2D eigenvalue weighted by Gasteiger charge is -2.10. The first-order chi connectivity index (χ1) is 11.1. The van der Waals surface area contributed by atoms with Crippen molar-refractivity contribution in [2.45, 2.75) is 20.3 Å². The molecule has 0 aromatic carbocycles. The van der Waals surface area contributed by atoms with Gasteiger partial charge in [0, 0.05) is 18.0 Å². The van der Waals surface area contributed by atoms with Gasteiger partial charge >= 0.3 is 0 Å². The van der Waals surface area contributed by atoms with E-state index in [0.29, 0.717) is 5.92 Å². The molecule has 0 fully saturated rings. The van der Waals surface area contributed by atoms with Gasteiger partial charge in [-0.3, -0.25) is 9.97 Å². The van der Waals surface area contributed by atoms with Crippen LogP contribution in [-0.2, 0) is 6.42 Å². The fourth-order valence-corrected chi connectivity index (χ4v) is 3.63. The summed E-state index contributed by atoms with van der Waals surface area (Å²) in [6, 6.07) is 6.24. The summed E-state index contributed by atoms with van der Waals surface area (Å²) in [5, 5.41) is 3.46. The van der Waals surface area contributed by atoms with Crippen LogP contribution in [0, 0.1) is 5.92 Å². The molecule has 0 bridgehead atoms. The maximum atomic E-state index is 4.76. The highest BCUT2D eigenvalue weighted by molar-refractivity contribution is 7.17. The lowest BCUT2D eigenvalue weighted by Crippen LogP contribution is -1.97. The molecule has 3 aromatic heterocycles. The number of aromatic nitrogens is 2. The largest absolute Gasteiger partial charge is 0.256 e. The van der Waals surface area contributed by atoms with Gasteiger partial charge in [-0.15, -0.1) is 11.3 Å². The first-order valence-corrected chi connectivity index (χ1v) is 8.61. The Morgan fingerprint density at radius 3 is 2.87 bits per heavy atom. The number of allylic oxidation sites excluding steroid dienone is 2. The summed E-state index contributed by atoms with van der Waals surface area (Å²) in [7, 11) is 0. The molecule has 0 spiro atoms. The summed E-state index contributed by atoms with van der Waals surface area (Å²) < 4.78 is 1.24. The molecule has 3 rings (SSSR count). The SMILES string of the molecule is C=CC(=C)c1cc(-c2ncc(CC(C)C)c3ccsc23)ccn1. The Hall–Kier alpha value is -2.26. The molecule has 23 heavy (non-hydrogen) atoms. The van der Waals surface area contributed by atoms with Gasteiger partial charge in [-0.25, -0.2) is 0 Å². The topological polar surface area (TPSA) is 25.8 Å². The zero-order valence-electron chi connectivity index (χ0n) is 13.5. The van der Waals surface area contributed by atoms with E-state index in [9.17, 15) is 0 Å². The third kappa shape index (κ3) is 3.10. The van der Waals surface area contributed by atoms with Crippen molar-refractivity contribution in [2.24, 2.45) is 5.92 Å². The third-order valence-corrected chi connectivity index (χ3v) is 4.73. The van der Waals surface area contributed by atoms with Crippen LogP contribution in [0.5, 0.6) is 0 Å². The molecular formula is C20H20N2S. The minimum Gasteiger partial charge on any atom is -0.256 e. The van der Waals surface area contributed by atoms with E-state index < -0.39 is 0 Å². The molecule has 0 amide bonds. The van der Waals surface area contributed by atoms with Crippen LogP contribution in [0.1, 0.15) is 25.1 Å². The van der Waals surface area contributed by atoms with Crippen LogP contribution in [0.2, 0.25) is 0 Å². The molecule has 3 heterocycles. The van der Waals surface area contributed by atoms with Gasteiger partial charge in [-0.2, -0.15) is 0 Å². The molecule has 0 aliphatic heterocycles. The second-order valence-corrected chi connectivity index (χ2v) is 6.97. The minimum absolute atomic E-state index is 0.620. The van der Waals surface area contributed by atoms with E-state index in [-0.39, 0.29) is 0 Å². The van der Waals surface area contributed by atoms with E-state index in [1.807, 2.05) is 24.5 Å². The second kappa shape index (κ2) is 6.47. The van der Waals surface area contributed by atoms with Crippen LogP contribution < -0.4 is 0 Å². The predicted molar refractivity (Wildman–Crippen MR) is 101 cm³/mol. The maximum Gasteiger partial charge on any atom is 0.0881 e. The fourth-order valence-electron chi connectivity index (χ4n) is 2.68. The van der Waals surface area contributed by atoms with Gasteiger partial charge in [0.2, 0.25) is 0 Å². The highest BCUT2D eigenvalue weighted by Gasteiger charge is 2.12. The summed E-state index contributed by atoms with van der Waals surface area (Å²) in [6.45, 7) is 12.2. The average molecular weight is 320 g/mol. The Labute approximate surface area is 141 Å². The summed E-state index contributed by atoms with van der Waals surface area (Å²) in [5.41, 5.74) is 5.08. The molecule has 116 valence electrons. The van der Waals surface area contributed by atoms with E-state index in [2.05, 4.69) is 43.4 Å². The van der Waals surface area contributed by atoms with E-state index in [0.717, 1.165) is 28.9 Å². The quantitative estimate of drug-likeness (QED) is 0.559.